The summed E-state index contributed by atoms with van der Waals surface area (Å²) in [5, 5.41) is 14.2. The molecule has 42 heavy (non-hydrogen) atoms. The third kappa shape index (κ3) is 6.00. The highest BCUT2D eigenvalue weighted by atomic mass is 35.5. The van der Waals surface area contributed by atoms with Gasteiger partial charge in [0.15, 0.2) is 0 Å². The molecule has 0 radical (unpaired) electrons. The number of benzene rings is 2. The van der Waals surface area contributed by atoms with Crippen molar-refractivity contribution in [3.8, 4) is 5.88 Å². The Bertz CT molecular complexity index is 1740. The number of ether oxygens (including phenoxy) is 1. The van der Waals surface area contributed by atoms with Crippen LogP contribution in [0.15, 0.2) is 66.9 Å². The van der Waals surface area contributed by atoms with Gasteiger partial charge in [0.2, 0.25) is 5.88 Å². The molecule has 5 aromatic rings. The zero-order chi connectivity index (χ0) is 29.2. The highest BCUT2D eigenvalue weighted by molar-refractivity contribution is 6.30. The molecule has 1 fully saturated rings. The normalized spacial score (nSPS) is 14.5. The highest BCUT2D eigenvalue weighted by Gasteiger charge is 2.24. The molecule has 1 aliphatic rings. The molecule has 3 aromatic heterocycles. The van der Waals surface area contributed by atoms with Crippen molar-refractivity contribution in [2.45, 2.75) is 38.5 Å². The van der Waals surface area contributed by atoms with Gasteiger partial charge in [-0.15, -0.1) is 0 Å². The largest absolute Gasteiger partial charge is 0.478 e. The number of aromatic carboxylic acids is 1. The van der Waals surface area contributed by atoms with Crippen molar-refractivity contribution >= 4 is 28.6 Å². The van der Waals surface area contributed by atoms with Gasteiger partial charge in [-0.1, -0.05) is 23.7 Å². The summed E-state index contributed by atoms with van der Waals surface area (Å²) in [6.45, 7) is 2.99. The Kier molecular flexibility index (Phi) is 7.90. The number of carbonyl (C=O) groups is 1. The first-order chi connectivity index (χ1) is 20.3. The summed E-state index contributed by atoms with van der Waals surface area (Å²) in [6, 6.07) is 17.3. The number of aromatic nitrogens is 5. The predicted octanol–water partition coefficient (Wildman–Crippen LogP) is 5.66. The third-order valence-corrected chi connectivity index (χ3v) is 8.06. The fourth-order valence-corrected chi connectivity index (χ4v) is 5.60. The Balaban J connectivity index is 1.14. The number of imidazole rings is 1. The minimum absolute atomic E-state index is 0.0751. The lowest BCUT2D eigenvalue weighted by atomic mass is 9.93. The zero-order valence-electron chi connectivity index (χ0n) is 23.1. The van der Waals surface area contributed by atoms with Crippen LogP contribution in [-0.2, 0) is 26.7 Å². The van der Waals surface area contributed by atoms with E-state index in [1.807, 2.05) is 29.9 Å². The van der Waals surface area contributed by atoms with E-state index < -0.39 is 11.8 Å². The number of rotatable bonds is 9. The van der Waals surface area contributed by atoms with Crippen LogP contribution in [0.1, 0.15) is 51.9 Å². The van der Waals surface area contributed by atoms with E-state index in [4.69, 9.17) is 26.3 Å². The summed E-state index contributed by atoms with van der Waals surface area (Å²) in [5.74, 6) is 0.267. The van der Waals surface area contributed by atoms with Crippen molar-refractivity contribution in [3.05, 3.63) is 106 Å². The molecule has 0 spiro atoms. The van der Waals surface area contributed by atoms with Gasteiger partial charge in [-0.05, 0) is 68.4 Å². The topological polar surface area (TPSA) is 98.3 Å². The first-order valence-electron chi connectivity index (χ1n) is 13.8. The molecule has 2 aromatic carbocycles. The molecule has 6 rings (SSSR count). The first kappa shape index (κ1) is 27.9. The summed E-state index contributed by atoms with van der Waals surface area (Å²) in [4.78, 5) is 23.7. The fourth-order valence-electron chi connectivity index (χ4n) is 5.44. The van der Waals surface area contributed by atoms with E-state index in [-0.39, 0.29) is 18.1 Å². The van der Waals surface area contributed by atoms with Crippen molar-refractivity contribution in [1.82, 2.24) is 29.2 Å². The Labute approximate surface area is 247 Å². The molecule has 0 aliphatic carbocycles. The van der Waals surface area contributed by atoms with E-state index in [0.29, 0.717) is 29.6 Å². The zero-order valence-corrected chi connectivity index (χ0v) is 23.8. The van der Waals surface area contributed by atoms with Crippen molar-refractivity contribution in [1.29, 1.82) is 0 Å². The molecule has 0 bridgehead atoms. The number of carboxylic acid groups (broad SMARTS) is 1. The molecular weight excluding hydrogens is 559 g/mol. The molecule has 1 saturated heterocycles. The van der Waals surface area contributed by atoms with Gasteiger partial charge in [-0.2, -0.15) is 5.10 Å². The van der Waals surface area contributed by atoms with Gasteiger partial charge >= 0.3 is 5.97 Å². The molecule has 11 heteroatoms. The highest BCUT2D eigenvalue weighted by Crippen LogP contribution is 2.30. The molecule has 1 N–H and O–H groups in total. The van der Waals surface area contributed by atoms with Gasteiger partial charge in [-0.3, -0.25) is 9.58 Å². The van der Waals surface area contributed by atoms with Gasteiger partial charge in [0.25, 0.3) is 0 Å². The van der Waals surface area contributed by atoms with Crippen LogP contribution in [0, 0.1) is 5.82 Å². The van der Waals surface area contributed by atoms with E-state index in [2.05, 4.69) is 14.6 Å². The Hall–Kier alpha value is -4.28. The van der Waals surface area contributed by atoms with Gasteiger partial charge < -0.3 is 14.4 Å². The molecule has 0 saturated carbocycles. The van der Waals surface area contributed by atoms with Gasteiger partial charge in [0.1, 0.15) is 18.2 Å². The molecule has 1 aliphatic heterocycles. The molecule has 0 amide bonds. The lowest BCUT2D eigenvalue weighted by Gasteiger charge is -2.31. The average molecular weight is 589 g/mol. The van der Waals surface area contributed by atoms with E-state index in [0.717, 1.165) is 54.2 Å². The number of pyridine rings is 1. The quantitative estimate of drug-likeness (QED) is 0.237. The summed E-state index contributed by atoms with van der Waals surface area (Å²) in [6.07, 6.45) is 3.60. The second kappa shape index (κ2) is 11.9. The lowest BCUT2D eigenvalue weighted by molar-refractivity contribution is 0.0697. The van der Waals surface area contributed by atoms with Crippen molar-refractivity contribution < 1.29 is 19.0 Å². The summed E-state index contributed by atoms with van der Waals surface area (Å²) >= 11 is 5.85. The maximum atomic E-state index is 14.1. The monoisotopic (exact) mass is 588 g/mol. The summed E-state index contributed by atoms with van der Waals surface area (Å²) in [5.41, 5.74) is 4.19. The molecule has 9 nitrogen and oxygen atoms in total. The third-order valence-electron chi connectivity index (χ3n) is 7.82. The average Bonchev–Trinajstić information content (AvgIpc) is 3.55. The molecule has 0 unspecified atom stereocenters. The standard InChI is InChI=1S/C31H30ClFN6O3/c1-37-24(9-12-34-37)17-39-28-15-21(31(40)41)6-8-27(28)35-29(39)18-38-13-10-20(11-14-38)26-3-2-4-30(36-26)42-19-22-5-7-23(32)16-25(22)33/h2-9,12,15-16,20H,10-11,13-14,17-19H2,1H3,(H,40,41). The Morgan fingerprint density at radius 2 is 1.90 bits per heavy atom. The van der Waals surface area contributed by atoms with Crippen molar-refractivity contribution in [2.75, 3.05) is 13.1 Å². The summed E-state index contributed by atoms with van der Waals surface area (Å²) < 4.78 is 23.9. The number of hydrogen-bond donors (Lipinski definition) is 1. The molecular formula is C31H30ClFN6O3. The second-order valence-electron chi connectivity index (χ2n) is 10.5. The molecule has 0 atom stereocenters. The number of halogens is 2. The molecule has 216 valence electrons. The first-order valence-corrected chi connectivity index (χ1v) is 14.2. The molecule has 4 heterocycles. The van der Waals surface area contributed by atoms with Crippen LogP contribution in [0.4, 0.5) is 4.39 Å². The number of hydrogen-bond acceptors (Lipinski definition) is 6. The predicted molar refractivity (Wildman–Crippen MR) is 156 cm³/mol. The van der Waals surface area contributed by atoms with Crippen molar-refractivity contribution in [2.24, 2.45) is 7.05 Å². The van der Waals surface area contributed by atoms with E-state index in [1.54, 1.807) is 42.6 Å². The number of piperidine rings is 1. The summed E-state index contributed by atoms with van der Waals surface area (Å²) in [7, 11) is 1.89. The van der Waals surface area contributed by atoms with Crippen LogP contribution >= 0.6 is 11.6 Å². The van der Waals surface area contributed by atoms with E-state index in [9.17, 15) is 14.3 Å². The smallest absolute Gasteiger partial charge is 0.335 e. The minimum atomic E-state index is -0.964. The van der Waals surface area contributed by atoms with Crippen LogP contribution in [0.3, 0.4) is 0 Å². The van der Waals surface area contributed by atoms with Crippen LogP contribution in [0.5, 0.6) is 5.88 Å². The van der Waals surface area contributed by atoms with E-state index >= 15 is 0 Å². The van der Waals surface area contributed by atoms with Crippen molar-refractivity contribution in [3.63, 3.8) is 0 Å². The van der Waals surface area contributed by atoms with E-state index in [1.165, 1.54) is 6.07 Å². The minimum Gasteiger partial charge on any atom is -0.478 e. The van der Waals surface area contributed by atoms with Crippen LogP contribution in [0.2, 0.25) is 5.02 Å². The number of aryl methyl sites for hydroxylation is 1. The van der Waals surface area contributed by atoms with Gasteiger partial charge in [0, 0.05) is 41.5 Å². The fraction of sp³-hybridized carbons (Fsp3) is 0.290. The SMILES string of the molecule is Cn1nccc1Cn1c(CN2CCC(c3cccc(OCc4ccc(Cl)cc4F)n3)CC2)nc2ccc(C(=O)O)cc21. The maximum absolute atomic E-state index is 14.1. The maximum Gasteiger partial charge on any atom is 0.335 e. The number of nitrogens with zero attached hydrogens (tertiary/aromatic N) is 6. The van der Waals surface area contributed by atoms with Gasteiger partial charge in [-0.25, -0.2) is 19.2 Å². The Morgan fingerprint density at radius 1 is 1.07 bits per heavy atom. The number of likely N-dealkylation sites (tertiary alicyclic amines) is 1. The van der Waals surface area contributed by atoms with Gasteiger partial charge in [0.05, 0.1) is 35.4 Å². The van der Waals surface area contributed by atoms with Crippen LogP contribution < -0.4 is 4.74 Å². The number of carboxylic acids is 1. The van der Waals surface area contributed by atoms with Crippen LogP contribution in [0.25, 0.3) is 11.0 Å². The number of fused-ring (bicyclic) bond motifs is 1. The second-order valence-corrected chi connectivity index (χ2v) is 11.0. The Morgan fingerprint density at radius 3 is 2.64 bits per heavy atom. The lowest BCUT2D eigenvalue weighted by Crippen LogP contribution is -2.33. The van der Waals surface area contributed by atoms with Crippen LogP contribution in [-0.4, -0.2) is 53.4 Å².